The Bertz CT molecular complexity index is 993. The van der Waals surface area contributed by atoms with Crippen LogP contribution in [0, 0.1) is 17.0 Å². The zero-order valence-electron chi connectivity index (χ0n) is 15.9. The van der Waals surface area contributed by atoms with E-state index in [9.17, 15) is 18.5 Å². The first kappa shape index (κ1) is 21.7. The SMILES string of the molecule is Cc1cccc([N+](=O)[O-])c1S(=O)(=O)NCC(c1cccc(Cl)c1)N1CCOCC1. The molecule has 0 bridgehead atoms. The van der Waals surface area contributed by atoms with Crippen LogP contribution in [0.5, 0.6) is 0 Å². The van der Waals surface area contributed by atoms with Crippen LogP contribution in [0.4, 0.5) is 5.69 Å². The Morgan fingerprint density at radius 2 is 1.93 bits per heavy atom. The summed E-state index contributed by atoms with van der Waals surface area (Å²) >= 11 is 6.13. The molecule has 29 heavy (non-hydrogen) atoms. The van der Waals surface area contributed by atoms with Gasteiger partial charge in [-0.15, -0.1) is 0 Å². The second-order valence-corrected chi connectivity index (χ2v) is 8.89. The number of nitro benzene ring substituents is 1. The Kier molecular flexibility index (Phi) is 6.86. The van der Waals surface area contributed by atoms with Gasteiger partial charge < -0.3 is 4.74 Å². The van der Waals surface area contributed by atoms with Crippen LogP contribution in [0.1, 0.15) is 17.2 Å². The predicted molar refractivity (Wildman–Crippen MR) is 110 cm³/mol. The van der Waals surface area contributed by atoms with Crippen molar-refractivity contribution in [2.45, 2.75) is 17.9 Å². The van der Waals surface area contributed by atoms with Gasteiger partial charge in [0, 0.05) is 36.8 Å². The number of nitrogens with zero attached hydrogens (tertiary/aromatic N) is 2. The third-order valence-corrected chi connectivity index (χ3v) is 6.69. The molecular formula is C19H22ClN3O5S. The standard InChI is InChI=1S/C19H22ClN3O5S/c1-14-4-2-7-17(23(24)25)19(14)29(26,27)21-13-18(22-8-10-28-11-9-22)15-5-3-6-16(20)12-15/h2-7,12,18,21H,8-11,13H2,1H3. The Balaban J connectivity index is 1.90. The monoisotopic (exact) mass is 439 g/mol. The molecular weight excluding hydrogens is 418 g/mol. The van der Waals surface area contributed by atoms with Crippen molar-refractivity contribution in [2.24, 2.45) is 0 Å². The van der Waals surface area contributed by atoms with Crippen LogP contribution in [0.25, 0.3) is 0 Å². The normalized spacial score (nSPS) is 16.5. The number of ether oxygens (including phenoxy) is 1. The van der Waals surface area contributed by atoms with E-state index in [0.717, 1.165) is 5.56 Å². The molecule has 1 heterocycles. The van der Waals surface area contributed by atoms with Crippen LogP contribution in [0.3, 0.4) is 0 Å². The van der Waals surface area contributed by atoms with Crippen molar-refractivity contribution in [1.29, 1.82) is 0 Å². The molecule has 2 aromatic carbocycles. The highest BCUT2D eigenvalue weighted by atomic mass is 35.5. The van der Waals surface area contributed by atoms with E-state index in [1.807, 2.05) is 12.1 Å². The molecule has 0 aliphatic carbocycles. The average Bonchev–Trinajstić information content (AvgIpc) is 2.68. The third-order valence-electron chi connectivity index (χ3n) is 4.84. The number of morpholine rings is 1. The van der Waals surface area contributed by atoms with Gasteiger partial charge in [-0.25, -0.2) is 13.1 Å². The predicted octanol–water partition coefficient (Wildman–Crippen LogP) is 2.91. The van der Waals surface area contributed by atoms with Crippen molar-refractivity contribution >= 4 is 27.3 Å². The Morgan fingerprint density at radius 3 is 2.59 bits per heavy atom. The Morgan fingerprint density at radius 1 is 1.24 bits per heavy atom. The zero-order valence-corrected chi connectivity index (χ0v) is 17.4. The first-order valence-electron chi connectivity index (χ1n) is 9.10. The van der Waals surface area contributed by atoms with E-state index in [1.54, 1.807) is 12.1 Å². The number of sulfonamides is 1. The summed E-state index contributed by atoms with van der Waals surface area (Å²) in [6.45, 7) is 3.97. The maximum Gasteiger partial charge on any atom is 0.289 e. The van der Waals surface area contributed by atoms with Gasteiger partial charge in [0.2, 0.25) is 10.0 Å². The number of nitro groups is 1. The lowest BCUT2D eigenvalue weighted by atomic mass is 10.1. The summed E-state index contributed by atoms with van der Waals surface area (Å²) in [4.78, 5) is 12.5. The summed E-state index contributed by atoms with van der Waals surface area (Å²) in [6.07, 6.45) is 0. The van der Waals surface area contributed by atoms with Gasteiger partial charge in [-0.2, -0.15) is 0 Å². The fourth-order valence-corrected chi connectivity index (χ4v) is 5.08. The zero-order chi connectivity index (χ0) is 21.0. The van der Waals surface area contributed by atoms with E-state index >= 15 is 0 Å². The molecule has 0 radical (unpaired) electrons. The van der Waals surface area contributed by atoms with E-state index in [0.29, 0.717) is 36.9 Å². The van der Waals surface area contributed by atoms with Gasteiger partial charge in [0.05, 0.1) is 18.1 Å². The van der Waals surface area contributed by atoms with Crippen molar-refractivity contribution in [3.63, 3.8) is 0 Å². The third kappa shape index (κ3) is 5.12. The Labute approximate surface area is 174 Å². The first-order chi connectivity index (χ1) is 13.8. The van der Waals surface area contributed by atoms with E-state index in [1.165, 1.54) is 25.1 Å². The molecule has 0 spiro atoms. The number of benzene rings is 2. The molecule has 1 N–H and O–H groups in total. The van der Waals surface area contributed by atoms with E-state index in [2.05, 4.69) is 9.62 Å². The van der Waals surface area contributed by atoms with Crippen molar-refractivity contribution < 1.29 is 18.1 Å². The molecule has 1 fully saturated rings. The molecule has 1 saturated heterocycles. The largest absolute Gasteiger partial charge is 0.379 e. The van der Waals surface area contributed by atoms with Crippen LogP contribution in [-0.4, -0.2) is 51.1 Å². The molecule has 0 amide bonds. The van der Waals surface area contributed by atoms with E-state index < -0.39 is 20.6 Å². The maximum absolute atomic E-state index is 13.0. The lowest BCUT2D eigenvalue weighted by molar-refractivity contribution is -0.387. The fourth-order valence-electron chi connectivity index (χ4n) is 3.45. The number of hydrogen-bond acceptors (Lipinski definition) is 6. The molecule has 3 rings (SSSR count). The second kappa shape index (κ2) is 9.19. The van der Waals surface area contributed by atoms with Crippen molar-refractivity contribution in [3.8, 4) is 0 Å². The second-order valence-electron chi connectivity index (χ2n) is 6.75. The molecule has 0 saturated carbocycles. The summed E-state index contributed by atoms with van der Waals surface area (Å²) in [6, 6.07) is 11.2. The summed E-state index contributed by atoms with van der Waals surface area (Å²) in [7, 11) is -4.10. The molecule has 10 heteroatoms. The highest BCUT2D eigenvalue weighted by Crippen LogP contribution is 2.28. The van der Waals surface area contributed by atoms with Gasteiger partial charge in [0.25, 0.3) is 5.69 Å². The van der Waals surface area contributed by atoms with Gasteiger partial charge >= 0.3 is 0 Å². The van der Waals surface area contributed by atoms with Gasteiger partial charge in [-0.3, -0.25) is 15.0 Å². The molecule has 1 atom stereocenters. The molecule has 1 unspecified atom stereocenters. The minimum absolute atomic E-state index is 0.0498. The fraction of sp³-hybridized carbons (Fsp3) is 0.368. The maximum atomic E-state index is 13.0. The van der Waals surface area contributed by atoms with Gasteiger partial charge in [0.15, 0.2) is 4.90 Å². The van der Waals surface area contributed by atoms with Crippen LogP contribution in [0.15, 0.2) is 47.4 Å². The summed E-state index contributed by atoms with van der Waals surface area (Å²) in [5, 5.41) is 11.9. The minimum atomic E-state index is -4.10. The number of hydrogen-bond donors (Lipinski definition) is 1. The highest BCUT2D eigenvalue weighted by molar-refractivity contribution is 7.89. The van der Waals surface area contributed by atoms with E-state index in [4.69, 9.17) is 16.3 Å². The van der Waals surface area contributed by atoms with Crippen molar-refractivity contribution in [3.05, 3.63) is 68.7 Å². The minimum Gasteiger partial charge on any atom is -0.379 e. The topological polar surface area (TPSA) is 102 Å². The lowest BCUT2D eigenvalue weighted by Gasteiger charge is -2.35. The summed E-state index contributed by atoms with van der Waals surface area (Å²) in [5.74, 6) is 0. The van der Waals surface area contributed by atoms with Gasteiger partial charge in [0.1, 0.15) is 0 Å². The van der Waals surface area contributed by atoms with Crippen LogP contribution in [-0.2, 0) is 14.8 Å². The number of nitrogens with one attached hydrogen (secondary N) is 1. The average molecular weight is 440 g/mol. The van der Waals surface area contributed by atoms with Gasteiger partial charge in [-0.1, -0.05) is 35.9 Å². The molecule has 0 aromatic heterocycles. The molecule has 2 aromatic rings. The van der Waals surface area contributed by atoms with Crippen molar-refractivity contribution in [1.82, 2.24) is 9.62 Å². The molecule has 1 aliphatic heterocycles. The smallest absolute Gasteiger partial charge is 0.289 e. The van der Waals surface area contributed by atoms with Gasteiger partial charge in [-0.05, 0) is 30.2 Å². The van der Waals surface area contributed by atoms with E-state index in [-0.39, 0.29) is 17.5 Å². The quantitative estimate of drug-likeness (QED) is 0.525. The lowest BCUT2D eigenvalue weighted by Crippen LogP contribution is -2.43. The number of halogens is 1. The van der Waals surface area contributed by atoms with Crippen LogP contribution >= 0.6 is 11.6 Å². The number of aryl methyl sites for hydroxylation is 1. The molecule has 8 nitrogen and oxygen atoms in total. The molecule has 156 valence electrons. The summed E-state index contributed by atoms with van der Waals surface area (Å²) < 4.78 is 33.9. The summed E-state index contributed by atoms with van der Waals surface area (Å²) in [5.41, 5.74) is 0.738. The Hall–Kier alpha value is -2.04. The highest BCUT2D eigenvalue weighted by Gasteiger charge is 2.30. The van der Waals surface area contributed by atoms with Crippen LogP contribution in [0.2, 0.25) is 5.02 Å². The van der Waals surface area contributed by atoms with Crippen molar-refractivity contribution in [2.75, 3.05) is 32.8 Å². The number of rotatable bonds is 7. The molecule has 1 aliphatic rings. The van der Waals surface area contributed by atoms with Crippen LogP contribution < -0.4 is 4.72 Å². The first-order valence-corrected chi connectivity index (χ1v) is 11.0.